The lowest BCUT2D eigenvalue weighted by Gasteiger charge is -2.30. The lowest BCUT2D eigenvalue weighted by molar-refractivity contribution is 0.0691. The summed E-state index contributed by atoms with van der Waals surface area (Å²) in [5.74, 6) is 0.972. The third-order valence-corrected chi connectivity index (χ3v) is 5.98. The van der Waals surface area contributed by atoms with Crippen molar-refractivity contribution in [3.63, 3.8) is 0 Å². The van der Waals surface area contributed by atoms with E-state index in [1.165, 1.54) is 11.3 Å². The maximum Gasteiger partial charge on any atom is 0.273 e. The zero-order chi connectivity index (χ0) is 16.7. The number of fused-ring (bicyclic) bond motifs is 2. The molecule has 1 N–H and O–H groups in total. The van der Waals surface area contributed by atoms with Crippen LogP contribution in [-0.4, -0.2) is 47.2 Å². The number of aliphatic hydroxyl groups excluding tert-OH is 1. The summed E-state index contributed by atoms with van der Waals surface area (Å²) in [7, 11) is 0. The van der Waals surface area contributed by atoms with Crippen LogP contribution in [0.3, 0.4) is 0 Å². The molecule has 24 heavy (non-hydrogen) atoms. The number of carbonyl (C=O) groups is 1. The summed E-state index contributed by atoms with van der Waals surface area (Å²) in [4.78, 5) is 18.9. The van der Waals surface area contributed by atoms with Gasteiger partial charge in [-0.15, -0.1) is 11.3 Å². The van der Waals surface area contributed by atoms with Gasteiger partial charge in [-0.2, -0.15) is 0 Å². The number of rotatable bonds is 2. The van der Waals surface area contributed by atoms with Crippen molar-refractivity contribution in [1.82, 2.24) is 9.88 Å². The third-order valence-electron chi connectivity index (χ3n) is 5.21. The van der Waals surface area contributed by atoms with Gasteiger partial charge in [-0.05, 0) is 25.0 Å². The fourth-order valence-corrected chi connectivity index (χ4v) is 4.42. The van der Waals surface area contributed by atoms with Crippen LogP contribution in [0.15, 0.2) is 29.6 Å². The Labute approximate surface area is 144 Å². The van der Waals surface area contributed by atoms with Crippen molar-refractivity contribution in [2.24, 2.45) is 11.3 Å². The maximum absolute atomic E-state index is 12.7. The average Bonchev–Trinajstić information content (AvgIpc) is 3.14. The number of ether oxygens (including phenoxy) is 1. The van der Waals surface area contributed by atoms with Crippen LogP contribution in [-0.2, 0) is 6.42 Å². The standard InChI is InChI=1S/C18H20N2O3S/c1-12-19-15(9-24-12)17(22)20-7-14-8-23-16-5-3-2-4-13(16)6-18(14,10-20)11-21/h2-5,9,14,21H,6-8,10-11H2,1H3. The summed E-state index contributed by atoms with van der Waals surface area (Å²) in [5.41, 5.74) is 1.27. The summed E-state index contributed by atoms with van der Waals surface area (Å²) < 4.78 is 5.96. The van der Waals surface area contributed by atoms with Crippen molar-refractivity contribution in [3.8, 4) is 5.75 Å². The van der Waals surface area contributed by atoms with Gasteiger partial charge in [0, 0.05) is 29.8 Å². The van der Waals surface area contributed by atoms with Gasteiger partial charge in [0.2, 0.25) is 0 Å². The number of nitrogens with zero attached hydrogens (tertiary/aromatic N) is 2. The van der Waals surface area contributed by atoms with E-state index < -0.39 is 0 Å². The molecule has 126 valence electrons. The fraction of sp³-hybridized carbons (Fsp3) is 0.444. The van der Waals surface area contributed by atoms with Gasteiger partial charge in [-0.25, -0.2) is 4.98 Å². The van der Waals surface area contributed by atoms with Crippen molar-refractivity contribution in [3.05, 3.63) is 45.9 Å². The molecule has 0 aliphatic carbocycles. The van der Waals surface area contributed by atoms with Crippen LogP contribution in [0.4, 0.5) is 0 Å². The molecule has 1 fully saturated rings. The molecule has 2 unspecified atom stereocenters. The number of amides is 1. The number of thiazole rings is 1. The Bertz CT molecular complexity index is 775. The van der Waals surface area contributed by atoms with E-state index in [0.717, 1.165) is 22.7 Å². The molecular formula is C18H20N2O3S. The van der Waals surface area contributed by atoms with Gasteiger partial charge in [0.05, 0.1) is 18.2 Å². The highest BCUT2D eigenvalue weighted by atomic mass is 32.1. The highest BCUT2D eigenvalue weighted by molar-refractivity contribution is 7.09. The van der Waals surface area contributed by atoms with Crippen molar-refractivity contribution in [1.29, 1.82) is 0 Å². The van der Waals surface area contributed by atoms with Gasteiger partial charge in [0.15, 0.2) is 0 Å². The highest BCUT2D eigenvalue weighted by Gasteiger charge is 2.49. The second-order valence-corrected chi connectivity index (χ2v) is 7.81. The molecule has 1 aromatic carbocycles. The molecule has 0 radical (unpaired) electrons. The Balaban J connectivity index is 1.62. The van der Waals surface area contributed by atoms with Crippen molar-refractivity contribution in [2.45, 2.75) is 13.3 Å². The van der Waals surface area contributed by atoms with Crippen molar-refractivity contribution < 1.29 is 14.6 Å². The van der Waals surface area contributed by atoms with Crippen LogP contribution >= 0.6 is 11.3 Å². The van der Waals surface area contributed by atoms with Crippen LogP contribution in [0.5, 0.6) is 5.75 Å². The number of likely N-dealkylation sites (tertiary alicyclic amines) is 1. The first-order valence-electron chi connectivity index (χ1n) is 8.14. The Morgan fingerprint density at radius 1 is 1.50 bits per heavy atom. The summed E-state index contributed by atoms with van der Waals surface area (Å²) in [6, 6.07) is 7.97. The van der Waals surface area contributed by atoms with Gasteiger partial charge in [0.1, 0.15) is 11.4 Å². The monoisotopic (exact) mass is 344 g/mol. The Kier molecular flexibility index (Phi) is 3.81. The van der Waals surface area contributed by atoms with Gasteiger partial charge >= 0.3 is 0 Å². The molecule has 2 aliphatic heterocycles. The predicted octanol–water partition coefficient (Wildman–Crippen LogP) is 2.14. The van der Waals surface area contributed by atoms with Gasteiger partial charge < -0.3 is 14.7 Å². The lowest BCUT2D eigenvalue weighted by Crippen LogP contribution is -2.38. The average molecular weight is 344 g/mol. The minimum atomic E-state index is -0.340. The normalized spacial score (nSPS) is 25.6. The number of aliphatic hydroxyl groups is 1. The molecule has 2 aliphatic rings. The molecule has 0 bridgehead atoms. The number of carbonyl (C=O) groups excluding carboxylic acids is 1. The summed E-state index contributed by atoms with van der Waals surface area (Å²) in [6.45, 7) is 3.62. The van der Waals surface area contributed by atoms with E-state index in [1.807, 2.05) is 41.5 Å². The number of aromatic nitrogens is 1. The molecular weight excluding hydrogens is 324 g/mol. The molecule has 0 saturated carbocycles. The van der Waals surface area contributed by atoms with E-state index in [1.54, 1.807) is 0 Å². The Hall–Kier alpha value is -1.92. The molecule has 1 aromatic heterocycles. The largest absolute Gasteiger partial charge is 0.493 e. The second kappa shape index (κ2) is 5.86. The molecule has 4 rings (SSSR count). The number of aryl methyl sites for hydroxylation is 1. The van der Waals surface area contributed by atoms with Gasteiger partial charge in [0.25, 0.3) is 5.91 Å². The first kappa shape index (κ1) is 15.6. The molecule has 1 saturated heterocycles. The SMILES string of the molecule is Cc1nc(C(=O)N2CC3COc4ccccc4CC3(CO)C2)cs1. The van der Waals surface area contributed by atoms with E-state index >= 15 is 0 Å². The second-order valence-electron chi connectivity index (χ2n) is 6.75. The van der Waals surface area contributed by atoms with E-state index in [4.69, 9.17) is 4.74 Å². The number of para-hydroxylation sites is 1. The highest BCUT2D eigenvalue weighted by Crippen LogP contribution is 2.43. The van der Waals surface area contributed by atoms with E-state index in [2.05, 4.69) is 4.98 Å². The molecule has 5 nitrogen and oxygen atoms in total. The zero-order valence-corrected chi connectivity index (χ0v) is 14.4. The van der Waals surface area contributed by atoms with E-state index in [-0.39, 0.29) is 23.8 Å². The van der Waals surface area contributed by atoms with Crippen molar-refractivity contribution >= 4 is 17.2 Å². The smallest absolute Gasteiger partial charge is 0.273 e. The fourth-order valence-electron chi connectivity index (χ4n) is 3.84. The van der Waals surface area contributed by atoms with Gasteiger partial charge in [-0.1, -0.05) is 18.2 Å². The molecule has 2 aromatic rings. The van der Waals surface area contributed by atoms with E-state index in [0.29, 0.717) is 25.4 Å². The summed E-state index contributed by atoms with van der Waals surface area (Å²) >= 11 is 1.48. The van der Waals surface area contributed by atoms with Crippen LogP contribution in [0.25, 0.3) is 0 Å². The minimum Gasteiger partial charge on any atom is -0.493 e. The summed E-state index contributed by atoms with van der Waals surface area (Å²) in [6.07, 6.45) is 0.726. The first-order valence-corrected chi connectivity index (χ1v) is 9.02. The quantitative estimate of drug-likeness (QED) is 0.907. The van der Waals surface area contributed by atoms with Gasteiger partial charge in [-0.3, -0.25) is 4.79 Å². The van der Waals surface area contributed by atoms with Crippen LogP contribution in [0.1, 0.15) is 21.1 Å². The molecule has 3 heterocycles. The molecule has 2 atom stereocenters. The van der Waals surface area contributed by atoms with Crippen LogP contribution in [0.2, 0.25) is 0 Å². The zero-order valence-electron chi connectivity index (χ0n) is 13.6. The number of hydrogen-bond acceptors (Lipinski definition) is 5. The molecule has 6 heteroatoms. The van der Waals surface area contributed by atoms with E-state index in [9.17, 15) is 9.90 Å². The van der Waals surface area contributed by atoms with Crippen molar-refractivity contribution in [2.75, 3.05) is 26.3 Å². The first-order chi connectivity index (χ1) is 11.6. The molecule has 0 spiro atoms. The Morgan fingerprint density at radius 3 is 3.08 bits per heavy atom. The minimum absolute atomic E-state index is 0.0477. The third kappa shape index (κ3) is 2.50. The molecule has 1 amide bonds. The maximum atomic E-state index is 12.7. The number of hydrogen-bond donors (Lipinski definition) is 1. The topological polar surface area (TPSA) is 62.7 Å². The summed E-state index contributed by atoms with van der Waals surface area (Å²) in [5, 5.41) is 12.9. The van der Waals surface area contributed by atoms with Crippen LogP contribution in [0, 0.1) is 18.3 Å². The van der Waals surface area contributed by atoms with Crippen LogP contribution < -0.4 is 4.74 Å². The Morgan fingerprint density at radius 2 is 2.33 bits per heavy atom. The predicted molar refractivity (Wildman–Crippen MR) is 91.4 cm³/mol. The lowest BCUT2D eigenvalue weighted by atomic mass is 9.75. The number of benzene rings is 1.